The molecule has 1 amide bonds. The molecule has 2 fully saturated rings. The van der Waals surface area contributed by atoms with Gasteiger partial charge in [-0.05, 0) is 13.0 Å². The van der Waals surface area contributed by atoms with Crippen LogP contribution in [0.1, 0.15) is 22.5 Å². The Balaban J connectivity index is 1.75. The fourth-order valence-electron chi connectivity index (χ4n) is 3.18. The molecule has 0 N–H and O–H groups in total. The average molecular weight is 333 g/mol. The maximum Gasteiger partial charge on any atom is 0.329 e. The quantitative estimate of drug-likeness (QED) is 0.790. The van der Waals surface area contributed by atoms with Crippen molar-refractivity contribution in [2.24, 2.45) is 0 Å². The van der Waals surface area contributed by atoms with Gasteiger partial charge in [0, 0.05) is 12.0 Å². The topological polar surface area (TPSA) is 72.6 Å². The maximum atomic E-state index is 12.9. The van der Waals surface area contributed by atoms with Gasteiger partial charge in [0.05, 0.1) is 11.6 Å². The molecule has 2 aromatic rings. The van der Waals surface area contributed by atoms with E-state index in [9.17, 15) is 9.59 Å². The Bertz CT molecular complexity index is 816. The second-order valence-corrected chi connectivity index (χ2v) is 6.12. The van der Waals surface area contributed by atoms with Crippen LogP contribution in [0, 0.1) is 6.92 Å². The number of carbonyl (C=O) groups excluding carboxylic acids is 2. The first-order chi connectivity index (χ1) is 11.1. The molecule has 0 spiro atoms. The van der Waals surface area contributed by atoms with Gasteiger partial charge in [-0.15, -0.1) is 0 Å². The van der Waals surface area contributed by atoms with E-state index in [4.69, 9.17) is 20.9 Å². The normalized spacial score (nSPS) is 22.5. The van der Waals surface area contributed by atoms with Crippen LogP contribution in [0.2, 0.25) is 5.02 Å². The highest BCUT2D eigenvalue weighted by molar-refractivity contribution is 6.33. The van der Waals surface area contributed by atoms with Crippen molar-refractivity contribution in [1.82, 2.24) is 10.1 Å². The van der Waals surface area contributed by atoms with E-state index in [1.807, 2.05) is 6.07 Å². The molecule has 2 aliphatic rings. The van der Waals surface area contributed by atoms with E-state index in [0.717, 1.165) is 0 Å². The lowest BCUT2D eigenvalue weighted by Crippen LogP contribution is -2.44. The van der Waals surface area contributed by atoms with Crippen LogP contribution in [-0.4, -0.2) is 40.6 Å². The number of fused-ring (bicyclic) bond motifs is 2. The summed E-state index contributed by atoms with van der Waals surface area (Å²) in [5.41, 5.74) is 1.37. The Hall–Kier alpha value is -2.34. The zero-order chi connectivity index (χ0) is 16.1. The highest BCUT2D eigenvalue weighted by Crippen LogP contribution is 2.35. The van der Waals surface area contributed by atoms with Gasteiger partial charge in [-0.1, -0.05) is 35.0 Å². The molecule has 4 rings (SSSR count). The predicted molar refractivity (Wildman–Crippen MR) is 81.0 cm³/mol. The van der Waals surface area contributed by atoms with Crippen LogP contribution in [0.4, 0.5) is 0 Å². The van der Waals surface area contributed by atoms with Crippen LogP contribution in [0.25, 0.3) is 11.3 Å². The van der Waals surface area contributed by atoms with E-state index in [-0.39, 0.29) is 18.0 Å². The molecule has 1 aromatic heterocycles. The smallest absolute Gasteiger partial charge is 0.329 e. The van der Waals surface area contributed by atoms with Gasteiger partial charge >= 0.3 is 5.97 Å². The minimum Gasteiger partial charge on any atom is -0.459 e. The molecule has 0 aliphatic carbocycles. The SMILES string of the molecule is Cc1onc(-c2ccccc2Cl)c1C(=O)N1C[C@H]2C[C@H]1C(=O)O2. The number of ether oxygens (including phenoxy) is 1. The molecule has 0 saturated carbocycles. The first kappa shape index (κ1) is 14.3. The van der Waals surface area contributed by atoms with Crippen LogP contribution in [-0.2, 0) is 9.53 Å². The van der Waals surface area contributed by atoms with Crippen LogP contribution in [0.5, 0.6) is 0 Å². The summed E-state index contributed by atoms with van der Waals surface area (Å²) in [7, 11) is 0. The molecule has 1 aromatic carbocycles. The molecule has 118 valence electrons. The van der Waals surface area contributed by atoms with E-state index < -0.39 is 6.04 Å². The lowest BCUT2D eigenvalue weighted by molar-refractivity contribution is -0.149. The summed E-state index contributed by atoms with van der Waals surface area (Å²) in [5, 5.41) is 4.48. The number of rotatable bonds is 2. The molecule has 2 bridgehead atoms. The van der Waals surface area contributed by atoms with Gasteiger partial charge in [0.1, 0.15) is 29.2 Å². The molecule has 2 atom stereocenters. The Kier molecular flexibility index (Phi) is 3.16. The van der Waals surface area contributed by atoms with Crippen molar-refractivity contribution in [3.8, 4) is 11.3 Å². The number of morpholine rings is 1. The number of halogens is 1. The Morgan fingerprint density at radius 3 is 2.87 bits per heavy atom. The number of carbonyl (C=O) groups is 2. The third-order valence-corrected chi connectivity index (χ3v) is 4.61. The molecule has 6 nitrogen and oxygen atoms in total. The molecule has 2 aliphatic heterocycles. The number of likely N-dealkylation sites (tertiary alicyclic amines) is 1. The van der Waals surface area contributed by atoms with E-state index in [2.05, 4.69) is 5.16 Å². The van der Waals surface area contributed by atoms with E-state index in [1.54, 1.807) is 25.1 Å². The van der Waals surface area contributed by atoms with Crippen LogP contribution >= 0.6 is 11.6 Å². The zero-order valence-corrected chi connectivity index (χ0v) is 13.0. The van der Waals surface area contributed by atoms with Gasteiger partial charge in [0.25, 0.3) is 5.91 Å². The molecule has 0 radical (unpaired) electrons. The van der Waals surface area contributed by atoms with Crippen molar-refractivity contribution < 1.29 is 18.8 Å². The van der Waals surface area contributed by atoms with Gasteiger partial charge in [-0.3, -0.25) is 4.79 Å². The minimum atomic E-state index is -0.513. The maximum absolute atomic E-state index is 12.9. The molecule has 0 unspecified atom stereocenters. The van der Waals surface area contributed by atoms with Gasteiger partial charge in [-0.25, -0.2) is 4.79 Å². The van der Waals surface area contributed by atoms with Crippen molar-refractivity contribution in [3.63, 3.8) is 0 Å². The largest absolute Gasteiger partial charge is 0.459 e. The summed E-state index contributed by atoms with van der Waals surface area (Å²) < 4.78 is 10.3. The number of amides is 1. The lowest BCUT2D eigenvalue weighted by atomic mass is 10.0. The number of esters is 1. The van der Waals surface area contributed by atoms with Gasteiger partial charge in [-0.2, -0.15) is 0 Å². The van der Waals surface area contributed by atoms with Crippen molar-refractivity contribution >= 4 is 23.5 Å². The summed E-state index contributed by atoms with van der Waals surface area (Å²) in [4.78, 5) is 26.2. The lowest BCUT2D eigenvalue weighted by Gasteiger charge is -2.25. The number of benzene rings is 1. The van der Waals surface area contributed by atoms with Gasteiger partial charge in [0.2, 0.25) is 0 Å². The van der Waals surface area contributed by atoms with Crippen LogP contribution in [0.3, 0.4) is 0 Å². The summed E-state index contributed by atoms with van der Waals surface area (Å²) in [5.74, 6) is -0.216. The van der Waals surface area contributed by atoms with E-state index in [1.165, 1.54) is 4.90 Å². The fraction of sp³-hybridized carbons (Fsp3) is 0.312. The molecule has 23 heavy (non-hydrogen) atoms. The monoisotopic (exact) mass is 332 g/mol. The molecule has 2 saturated heterocycles. The number of aryl methyl sites for hydroxylation is 1. The number of nitrogens with zero attached hydrogens (tertiary/aromatic N) is 2. The Labute approximate surface area is 136 Å². The third kappa shape index (κ3) is 2.13. The average Bonchev–Trinajstić information content (AvgIpc) is 3.20. The number of hydrogen-bond acceptors (Lipinski definition) is 5. The molecular weight excluding hydrogens is 320 g/mol. The second kappa shape index (κ2) is 5.09. The summed E-state index contributed by atoms with van der Waals surface area (Å²) in [6.07, 6.45) is 0.344. The highest BCUT2D eigenvalue weighted by Gasteiger charge is 2.49. The van der Waals surface area contributed by atoms with Crippen molar-refractivity contribution in [1.29, 1.82) is 0 Å². The summed E-state index contributed by atoms with van der Waals surface area (Å²) in [6, 6.07) is 6.61. The molecule has 3 heterocycles. The zero-order valence-electron chi connectivity index (χ0n) is 12.3. The Morgan fingerprint density at radius 2 is 2.17 bits per heavy atom. The predicted octanol–water partition coefficient (Wildman–Crippen LogP) is 2.44. The van der Waals surface area contributed by atoms with Crippen LogP contribution < -0.4 is 0 Å². The first-order valence-corrected chi connectivity index (χ1v) is 7.66. The second-order valence-electron chi connectivity index (χ2n) is 5.71. The Morgan fingerprint density at radius 1 is 1.39 bits per heavy atom. The van der Waals surface area contributed by atoms with Gasteiger partial charge in [0.15, 0.2) is 0 Å². The number of hydrogen-bond donors (Lipinski definition) is 0. The summed E-state index contributed by atoms with van der Waals surface area (Å²) in [6.45, 7) is 2.08. The van der Waals surface area contributed by atoms with Crippen LogP contribution in [0.15, 0.2) is 28.8 Å². The van der Waals surface area contributed by atoms with Crippen molar-refractivity contribution in [2.75, 3.05) is 6.54 Å². The molecule has 7 heteroatoms. The first-order valence-electron chi connectivity index (χ1n) is 7.29. The molecular formula is C16H13ClN2O4. The highest BCUT2D eigenvalue weighted by atomic mass is 35.5. The minimum absolute atomic E-state index is 0.208. The third-order valence-electron chi connectivity index (χ3n) is 4.28. The van der Waals surface area contributed by atoms with E-state index >= 15 is 0 Å². The van der Waals surface area contributed by atoms with Gasteiger partial charge < -0.3 is 14.2 Å². The standard InChI is InChI=1S/C16H13ClN2O4/c1-8-13(14(18-23-8)10-4-2-3-5-11(10)17)15(20)19-7-9-6-12(19)16(21)22-9/h2-5,9,12H,6-7H2,1H3/t9-,12+/m1/s1. The van der Waals surface area contributed by atoms with E-state index in [0.29, 0.717) is 40.6 Å². The van der Waals surface area contributed by atoms with Crippen molar-refractivity contribution in [3.05, 3.63) is 40.6 Å². The fourth-order valence-corrected chi connectivity index (χ4v) is 3.40. The summed E-state index contributed by atoms with van der Waals surface area (Å²) >= 11 is 6.21. The van der Waals surface area contributed by atoms with Crippen molar-refractivity contribution in [2.45, 2.75) is 25.5 Å². The number of aromatic nitrogens is 1.